The normalized spacial score (nSPS) is 11.7. The van der Waals surface area contributed by atoms with Crippen molar-refractivity contribution in [2.24, 2.45) is 0 Å². The fraction of sp³-hybridized carbons (Fsp3) is 0. The fourth-order valence-corrected chi connectivity index (χ4v) is 3.93. The first-order chi connectivity index (χ1) is 8.09. The first-order valence-corrected chi connectivity index (χ1v) is 8.22. The number of hydrogen-bond acceptors (Lipinski definition) is 8. The zero-order valence-corrected chi connectivity index (χ0v) is 17.5. The van der Waals surface area contributed by atoms with Gasteiger partial charge in [0.05, 0.1) is 20.0 Å². The average Bonchev–Trinajstić information content (AvgIpc) is 2.52. The fourth-order valence-electron chi connectivity index (χ4n) is 1.34. The van der Waals surface area contributed by atoms with Gasteiger partial charge in [-0.2, -0.15) is 0 Å². The standard InChI is InChI=1S/C7H5NO6S4.2Na/c9-17(10,11)3-1-4-6(8-7(15)16-4)5(2-3)18(12,13)14;;/h1-2H,(H,8,15)(H,9,10,11)(H,12,13,14);;/q;2*+1/p-2. The molecule has 2 aromatic rings. The summed E-state index contributed by atoms with van der Waals surface area (Å²) in [6.45, 7) is 0. The van der Waals surface area contributed by atoms with Gasteiger partial charge in [-0.15, -0.1) is 11.3 Å². The van der Waals surface area contributed by atoms with E-state index in [1.807, 2.05) is 0 Å². The van der Waals surface area contributed by atoms with Crippen LogP contribution in [0.5, 0.6) is 0 Å². The SMILES string of the molecule is O=S(=O)([O-])c1cc(S(=O)(=O)[O-])c2[nH]c(=S)sc2c1.[Na+].[Na+]. The van der Waals surface area contributed by atoms with Crippen LogP contribution in [0.4, 0.5) is 0 Å². The van der Waals surface area contributed by atoms with E-state index in [2.05, 4.69) is 4.98 Å². The first kappa shape index (κ1) is 21.1. The molecule has 0 aliphatic carbocycles. The van der Waals surface area contributed by atoms with Crippen LogP contribution in [0.15, 0.2) is 21.9 Å². The van der Waals surface area contributed by atoms with Gasteiger partial charge < -0.3 is 14.1 Å². The minimum absolute atomic E-state index is 0. The Hall–Kier alpha value is 1.15. The molecule has 0 bridgehead atoms. The topological polar surface area (TPSA) is 130 Å². The molecule has 13 heteroatoms. The Morgan fingerprint density at radius 1 is 1.05 bits per heavy atom. The van der Waals surface area contributed by atoms with Gasteiger partial charge in [0.1, 0.15) is 20.2 Å². The molecule has 0 radical (unpaired) electrons. The van der Waals surface area contributed by atoms with Gasteiger partial charge in [-0.1, -0.05) is 0 Å². The molecule has 1 aromatic carbocycles. The summed E-state index contributed by atoms with van der Waals surface area (Å²) in [5, 5.41) is 0. The van der Waals surface area contributed by atoms with E-state index >= 15 is 0 Å². The van der Waals surface area contributed by atoms with Crippen LogP contribution < -0.4 is 59.1 Å². The predicted octanol–water partition coefficient (Wildman–Crippen LogP) is -5.22. The quantitative estimate of drug-likeness (QED) is 0.317. The molecular formula is C7H3NNa2O6S4. The van der Waals surface area contributed by atoms with Crippen molar-refractivity contribution in [1.29, 1.82) is 0 Å². The second-order valence-corrected chi connectivity index (χ2v) is 7.66. The van der Waals surface area contributed by atoms with Gasteiger partial charge in [0.25, 0.3) is 0 Å². The summed E-state index contributed by atoms with van der Waals surface area (Å²) < 4.78 is 66.0. The van der Waals surface area contributed by atoms with E-state index in [0.29, 0.717) is 6.07 Å². The number of benzene rings is 1. The van der Waals surface area contributed by atoms with Crippen LogP contribution in [0.1, 0.15) is 0 Å². The molecule has 0 saturated heterocycles. The summed E-state index contributed by atoms with van der Waals surface area (Å²) in [7, 11) is -9.79. The molecule has 7 nitrogen and oxygen atoms in total. The van der Waals surface area contributed by atoms with E-state index in [0.717, 1.165) is 17.4 Å². The third-order valence-electron chi connectivity index (χ3n) is 2.03. The maximum Gasteiger partial charge on any atom is 1.00 e. The van der Waals surface area contributed by atoms with Crippen LogP contribution in [0.25, 0.3) is 10.2 Å². The van der Waals surface area contributed by atoms with Crippen molar-refractivity contribution in [3.8, 4) is 0 Å². The number of thiazole rings is 1. The molecule has 20 heavy (non-hydrogen) atoms. The molecule has 1 aromatic heterocycles. The van der Waals surface area contributed by atoms with Gasteiger partial charge >= 0.3 is 59.1 Å². The predicted molar refractivity (Wildman–Crippen MR) is 62.9 cm³/mol. The van der Waals surface area contributed by atoms with Crippen molar-refractivity contribution >= 4 is 54.0 Å². The maximum atomic E-state index is 11.0. The van der Waals surface area contributed by atoms with Gasteiger partial charge in [0, 0.05) is 0 Å². The molecule has 0 spiro atoms. The molecule has 0 unspecified atom stereocenters. The molecule has 0 aliphatic rings. The van der Waals surface area contributed by atoms with E-state index in [-0.39, 0.29) is 73.3 Å². The summed E-state index contributed by atoms with van der Waals surface area (Å²) in [5.74, 6) is 0. The second kappa shape index (κ2) is 7.15. The van der Waals surface area contributed by atoms with Crippen molar-refractivity contribution in [1.82, 2.24) is 4.98 Å². The van der Waals surface area contributed by atoms with Crippen molar-refractivity contribution in [2.45, 2.75) is 9.79 Å². The van der Waals surface area contributed by atoms with Gasteiger partial charge in [-0.3, -0.25) is 0 Å². The van der Waals surface area contributed by atoms with Crippen molar-refractivity contribution < 1.29 is 85.1 Å². The molecule has 0 fully saturated rings. The monoisotopic (exact) mass is 371 g/mol. The number of aromatic nitrogens is 1. The molecule has 98 valence electrons. The first-order valence-electron chi connectivity index (χ1n) is 4.18. The van der Waals surface area contributed by atoms with E-state index in [4.69, 9.17) is 12.2 Å². The third-order valence-corrected chi connectivity index (χ3v) is 4.88. The van der Waals surface area contributed by atoms with Crippen LogP contribution in [-0.4, -0.2) is 30.9 Å². The molecule has 0 amide bonds. The average molecular weight is 371 g/mol. The van der Waals surface area contributed by atoms with Crippen LogP contribution >= 0.6 is 23.6 Å². The number of fused-ring (bicyclic) bond motifs is 1. The second-order valence-electron chi connectivity index (χ2n) is 3.22. The van der Waals surface area contributed by atoms with Gasteiger partial charge in [0.15, 0.2) is 3.95 Å². The molecule has 1 N–H and O–H groups in total. The van der Waals surface area contributed by atoms with E-state index in [9.17, 15) is 25.9 Å². The van der Waals surface area contributed by atoms with Crippen LogP contribution in [0.3, 0.4) is 0 Å². The Bertz CT molecular complexity index is 897. The number of H-pyrrole nitrogens is 1. The van der Waals surface area contributed by atoms with E-state index < -0.39 is 30.0 Å². The molecular weight excluding hydrogens is 368 g/mol. The maximum absolute atomic E-state index is 11.0. The van der Waals surface area contributed by atoms with Crippen LogP contribution in [0.2, 0.25) is 0 Å². The largest absolute Gasteiger partial charge is 1.00 e. The summed E-state index contributed by atoms with van der Waals surface area (Å²) >= 11 is 5.64. The summed E-state index contributed by atoms with van der Waals surface area (Å²) in [4.78, 5) is 0.883. The minimum Gasteiger partial charge on any atom is -0.744 e. The summed E-state index contributed by atoms with van der Waals surface area (Å²) in [5.41, 5.74) is -0.0904. The Morgan fingerprint density at radius 2 is 1.60 bits per heavy atom. The van der Waals surface area contributed by atoms with Gasteiger partial charge in [0.2, 0.25) is 0 Å². The van der Waals surface area contributed by atoms with E-state index in [1.165, 1.54) is 0 Å². The third kappa shape index (κ3) is 4.57. The van der Waals surface area contributed by atoms with Crippen LogP contribution in [0, 0.1) is 3.95 Å². The Balaban J connectivity index is 0.00000180. The summed E-state index contributed by atoms with van der Waals surface area (Å²) in [6.07, 6.45) is 0. The van der Waals surface area contributed by atoms with Gasteiger partial charge in [-0.25, -0.2) is 16.8 Å². The molecule has 1 heterocycles. The molecule has 0 saturated carbocycles. The van der Waals surface area contributed by atoms with Crippen molar-refractivity contribution in [3.05, 3.63) is 16.1 Å². The van der Waals surface area contributed by atoms with Gasteiger partial charge in [-0.05, 0) is 24.4 Å². The molecule has 0 atom stereocenters. The van der Waals surface area contributed by atoms with Crippen LogP contribution in [-0.2, 0) is 20.2 Å². The van der Waals surface area contributed by atoms with Crippen molar-refractivity contribution in [3.63, 3.8) is 0 Å². The smallest absolute Gasteiger partial charge is 0.744 e. The number of aromatic amines is 1. The molecule has 2 rings (SSSR count). The Kier molecular flexibility index (Phi) is 7.56. The Morgan fingerprint density at radius 3 is 2.05 bits per heavy atom. The van der Waals surface area contributed by atoms with Crippen molar-refractivity contribution in [2.75, 3.05) is 0 Å². The van der Waals surface area contributed by atoms with E-state index in [1.54, 1.807) is 0 Å². The number of hydrogen-bond donors (Lipinski definition) is 1. The minimum atomic E-state index is -4.92. The number of nitrogens with one attached hydrogen (secondary N) is 1. The Labute approximate surface area is 167 Å². The zero-order valence-electron chi connectivity index (χ0n) is 10.2. The molecule has 0 aliphatic heterocycles. The summed E-state index contributed by atoms with van der Waals surface area (Å²) in [6, 6.07) is 1.51. The zero-order chi connectivity index (χ0) is 13.7. The number of rotatable bonds is 2.